The number of aliphatic hydroxyl groups is 1. The molecule has 7 heteroatoms. The van der Waals surface area contributed by atoms with Crippen LogP contribution in [0.4, 0.5) is 0 Å². The second-order valence-electron chi connectivity index (χ2n) is 8.14. The van der Waals surface area contributed by atoms with E-state index in [1.165, 1.54) is 12.8 Å². The second kappa shape index (κ2) is 8.07. The van der Waals surface area contributed by atoms with Crippen molar-refractivity contribution < 1.29 is 5.11 Å². The molecule has 7 nitrogen and oxygen atoms in total. The van der Waals surface area contributed by atoms with Gasteiger partial charge in [-0.05, 0) is 43.9 Å². The lowest BCUT2D eigenvalue weighted by atomic mass is 10.2. The van der Waals surface area contributed by atoms with Crippen molar-refractivity contribution >= 4 is 22.1 Å². The lowest BCUT2D eigenvalue weighted by Crippen LogP contribution is -2.27. The van der Waals surface area contributed by atoms with Gasteiger partial charge in [0.25, 0.3) is 0 Å². The molecule has 1 aliphatic rings. The molecule has 0 bridgehead atoms. The molecule has 1 fully saturated rings. The number of hydrogen-bond donors (Lipinski definition) is 1. The van der Waals surface area contributed by atoms with E-state index in [2.05, 4.69) is 15.6 Å². The molecule has 3 heterocycles. The average molecular weight is 406 g/mol. The molecule has 30 heavy (non-hydrogen) atoms. The van der Waals surface area contributed by atoms with Gasteiger partial charge in [0.15, 0.2) is 0 Å². The minimum atomic E-state index is 0.0267. The molecule has 0 atom stereocenters. The van der Waals surface area contributed by atoms with Crippen LogP contribution in [-0.4, -0.2) is 35.4 Å². The summed E-state index contributed by atoms with van der Waals surface area (Å²) >= 11 is 0. The summed E-state index contributed by atoms with van der Waals surface area (Å²) in [5.41, 5.74) is 3.85. The van der Waals surface area contributed by atoms with Gasteiger partial charge in [0.05, 0.1) is 34.8 Å². The molecule has 1 saturated carbocycles. The fourth-order valence-corrected chi connectivity index (χ4v) is 4.81. The summed E-state index contributed by atoms with van der Waals surface area (Å²) in [4.78, 5) is 22.6. The number of benzene rings is 1. The highest BCUT2D eigenvalue weighted by atomic mass is 16.3. The molecular formula is C23H27N5O2. The van der Waals surface area contributed by atoms with Gasteiger partial charge in [0.2, 0.25) is 0 Å². The number of imidazole rings is 2. The molecule has 0 radical (unpaired) electrons. The molecule has 4 aromatic rings. The van der Waals surface area contributed by atoms with Gasteiger partial charge in [0, 0.05) is 25.4 Å². The van der Waals surface area contributed by atoms with Crippen LogP contribution in [0.25, 0.3) is 22.1 Å². The van der Waals surface area contributed by atoms with Crippen LogP contribution in [0.2, 0.25) is 0 Å². The SMILES string of the molecule is O=c1n(Cc2nc3ccccc3n2CCCCO)c2cnccc2n1C1CCCC1. The van der Waals surface area contributed by atoms with E-state index in [0.717, 1.165) is 60.1 Å². The number of aliphatic hydroxyl groups excluding tert-OH is 1. The van der Waals surface area contributed by atoms with Crippen molar-refractivity contribution in [2.75, 3.05) is 6.61 Å². The third-order valence-corrected chi connectivity index (χ3v) is 6.28. The molecule has 1 N–H and O–H groups in total. The number of hydrogen-bond acceptors (Lipinski definition) is 4. The molecule has 0 amide bonds. The van der Waals surface area contributed by atoms with Crippen molar-refractivity contribution in [3.05, 3.63) is 59.0 Å². The van der Waals surface area contributed by atoms with Crippen molar-refractivity contribution in [3.8, 4) is 0 Å². The maximum absolute atomic E-state index is 13.5. The first-order valence-corrected chi connectivity index (χ1v) is 10.9. The van der Waals surface area contributed by atoms with Gasteiger partial charge in [0.1, 0.15) is 5.82 Å². The quantitative estimate of drug-likeness (QED) is 0.478. The van der Waals surface area contributed by atoms with E-state index >= 15 is 0 Å². The highest BCUT2D eigenvalue weighted by Crippen LogP contribution is 2.31. The van der Waals surface area contributed by atoms with Crippen LogP contribution < -0.4 is 5.69 Å². The topological polar surface area (TPSA) is 77.9 Å². The van der Waals surface area contributed by atoms with E-state index in [1.807, 2.05) is 33.4 Å². The van der Waals surface area contributed by atoms with Crippen molar-refractivity contribution in [2.24, 2.45) is 0 Å². The van der Waals surface area contributed by atoms with Crippen LogP contribution in [0.5, 0.6) is 0 Å². The zero-order valence-corrected chi connectivity index (χ0v) is 17.1. The molecule has 1 aromatic carbocycles. The first-order valence-electron chi connectivity index (χ1n) is 10.9. The Morgan fingerprint density at radius 3 is 2.67 bits per heavy atom. The Kier molecular flexibility index (Phi) is 5.12. The van der Waals surface area contributed by atoms with Crippen LogP contribution in [-0.2, 0) is 13.1 Å². The normalized spacial score (nSPS) is 15.0. The molecule has 0 unspecified atom stereocenters. The molecule has 0 spiro atoms. The van der Waals surface area contributed by atoms with Crippen molar-refractivity contribution in [3.63, 3.8) is 0 Å². The fraction of sp³-hybridized carbons (Fsp3) is 0.435. The van der Waals surface area contributed by atoms with Gasteiger partial charge < -0.3 is 9.67 Å². The van der Waals surface area contributed by atoms with Crippen LogP contribution in [0.1, 0.15) is 50.4 Å². The summed E-state index contributed by atoms with van der Waals surface area (Å²) < 4.78 is 5.99. The van der Waals surface area contributed by atoms with Gasteiger partial charge in [-0.3, -0.25) is 14.1 Å². The van der Waals surface area contributed by atoms with E-state index in [-0.39, 0.29) is 18.3 Å². The van der Waals surface area contributed by atoms with E-state index in [4.69, 9.17) is 4.98 Å². The number of pyridine rings is 1. The van der Waals surface area contributed by atoms with Gasteiger partial charge in [-0.1, -0.05) is 25.0 Å². The summed E-state index contributed by atoms with van der Waals surface area (Å²) in [6, 6.07) is 10.3. The van der Waals surface area contributed by atoms with Gasteiger partial charge in [-0.25, -0.2) is 9.78 Å². The number of nitrogens with zero attached hydrogens (tertiary/aromatic N) is 5. The van der Waals surface area contributed by atoms with Crippen molar-refractivity contribution in [1.82, 2.24) is 23.7 Å². The summed E-state index contributed by atoms with van der Waals surface area (Å²) in [5.74, 6) is 0.866. The predicted molar refractivity (Wildman–Crippen MR) is 117 cm³/mol. The minimum absolute atomic E-state index is 0.0267. The number of unbranched alkanes of at least 4 members (excludes halogenated alkanes) is 1. The largest absolute Gasteiger partial charge is 0.396 e. The Balaban J connectivity index is 1.61. The first kappa shape index (κ1) is 19.1. The molecule has 0 saturated heterocycles. The van der Waals surface area contributed by atoms with E-state index in [1.54, 1.807) is 12.4 Å². The van der Waals surface area contributed by atoms with E-state index in [0.29, 0.717) is 6.54 Å². The Hall–Kier alpha value is -2.93. The number of para-hydroxylation sites is 2. The summed E-state index contributed by atoms with van der Waals surface area (Å²) in [6.07, 6.45) is 9.64. The smallest absolute Gasteiger partial charge is 0.329 e. The molecular weight excluding hydrogens is 378 g/mol. The molecule has 3 aromatic heterocycles. The van der Waals surface area contributed by atoms with Gasteiger partial charge >= 0.3 is 5.69 Å². The molecule has 5 rings (SSSR count). The van der Waals surface area contributed by atoms with Crippen molar-refractivity contribution in [1.29, 1.82) is 0 Å². The number of aryl methyl sites for hydroxylation is 1. The van der Waals surface area contributed by atoms with Gasteiger partial charge in [-0.2, -0.15) is 0 Å². The lowest BCUT2D eigenvalue weighted by molar-refractivity contribution is 0.281. The Bertz CT molecular complexity index is 1230. The molecule has 156 valence electrons. The zero-order chi connectivity index (χ0) is 20.5. The van der Waals surface area contributed by atoms with Crippen LogP contribution >= 0.6 is 0 Å². The molecule has 1 aliphatic carbocycles. The number of rotatable bonds is 7. The Morgan fingerprint density at radius 1 is 1.00 bits per heavy atom. The fourth-order valence-electron chi connectivity index (χ4n) is 4.81. The third-order valence-electron chi connectivity index (χ3n) is 6.28. The monoisotopic (exact) mass is 405 g/mol. The lowest BCUT2D eigenvalue weighted by Gasteiger charge is -2.11. The first-order chi connectivity index (χ1) is 14.8. The maximum atomic E-state index is 13.5. The third kappa shape index (κ3) is 3.23. The zero-order valence-electron chi connectivity index (χ0n) is 17.1. The highest BCUT2D eigenvalue weighted by Gasteiger charge is 2.24. The molecule has 0 aliphatic heterocycles. The van der Waals surface area contributed by atoms with Gasteiger partial charge in [-0.15, -0.1) is 0 Å². The van der Waals surface area contributed by atoms with E-state index < -0.39 is 0 Å². The van der Waals surface area contributed by atoms with Crippen LogP contribution in [0, 0.1) is 0 Å². The second-order valence-corrected chi connectivity index (χ2v) is 8.14. The Labute approximate surface area is 174 Å². The van der Waals surface area contributed by atoms with Crippen molar-refractivity contribution in [2.45, 2.75) is 57.7 Å². The number of fused-ring (bicyclic) bond motifs is 2. The Morgan fingerprint density at radius 2 is 1.83 bits per heavy atom. The minimum Gasteiger partial charge on any atom is -0.396 e. The maximum Gasteiger partial charge on any atom is 0.329 e. The summed E-state index contributed by atoms with van der Waals surface area (Å²) in [5, 5.41) is 9.19. The van der Waals surface area contributed by atoms with Crippen LogP contribution in [0.3, 0.4) is 0 Å². The predicted octanol–water partition coefficient (Wildman–Crippen LogP) is 3.48. The van der Waals surface area contributed by atoms with Crippen LogP contribution in [0.15, 0.2) is 47.5 Å². The highest BCUT2D eigenvalue weighted by molar-refractivity contribution is 5.77. The average Bonchev–Trinajstić information content (AvgIpc) is 3.47. The standard InChI is InChI=1S/C23H27N5O2/c29-14-6-5-13-26-19-10-4-3-9-18(19)25-22(26)16-27-21-15-24-12-11-20(21)28(23(27)30)17-7-1-2-8-17/h3-4,9-12,15,17,29H,1-2,5-8,13-14,16H2. The summed E-state index contributed by atoms with van der Waals surface area (Å²) in [6.45, 7) is 1.36. The summed E-state index contributed by atoms with van der Waals surface area (Å²) in [7, 11) is 0. The number of aromatic nitrogens is 5. The van der Waals surface area contributed by atoms with E-state index in [9.17, 15) is 9.90 Å².